The molecule has 1 aromatic carbocycles. The Morgan fingerprint density at radius 3 is 2.86 bits per heavy atom. The number of fused-ring (bicyclic) bond motifs is 1. The molecular weight excluding hydrogens is 418 g/mol. The van der Waals surface area contributed by atoms with Crippen LogP contribution in [0.4, 0.5) is 0 Å². The Bertz CT molecular complexity index is 979. The van der Waals surface area contributed by atoms with Gasteiger partial charge in [0.2, 0.25) is 5.91 Å². The fraction of sp³-hybridized carbons (Fsp3) is 0.421. The van der Waals surface area contributed by atoms with Gasteiger partial charge < -0.3 is 19.3 Å². The highest BCUT2D eigenvalue weighted by Crippen LogP contribution is 2.50. The lowest BCUT2D eigenvalue weighted by atomic mass is 9.96. The molecule has 3 unspecified atom stereocenters. The number of carbonyl (C=O) groups is 2. The first-order valence-electron chi connectivity index (χ1n) is 9.00. The zero-order valence-electron chi connectivity index (χ0n) is 16.0. The van der Waals surface area contributed by atoms with Gasteiger partial charge in [-0.05, 0) is 26.8 Å². The Kier molecular flexibility index (Phi) is 5.10. The van der Waals surface area contributed by atoms with Gasteiger partial charge in [0.05, 0.1) is 29.2 Å². The minimum absolute atomic E-state index is 0.102. The van der Waals surface area contributed by atoms with Crippen molar-refractivity contribution in [1.82, 2.24) is 15.5 Å². The van der Waals surface area contributed by atoms with E-state index in [1.807, 2.05) is 18.2 Å². The molecule has 0 spiro atoms. The molecule has 2 saturated heterocycles. The van der Waals surface area contributed by atoms with E-state index in [4.69, 9.17) is 21.0 Å². The van der Waals surface area contributed by atoms with Gasteiger partial charge in [0, 0.05) is 10.3 Å². The summed E-state index contributed by atoms with van der Waals surface area (Å²) in [5.41, 5.74) is 4.77. The third kappa shape index (κ3) is 3.31. The van der Waals surface area contributed by atoms with Crippen molar-refractivity contribution in [3.63, 3.8) is 0 Å². The van der Waals surface area contributed by atoms with Crippen molar-refractivity contribution in [2.24, 2.45) is 0 Å². The first-order chi connectivity index (χ1) is 13.7. The molecule has 1 amide bonds. The van der Waals surface area contributed by atoms with Crippen molar-refractivity contribution in [3.05, 3.63) is 40.6 Å². The van der Waals surface area contributed by atoms with Crippen LogP contribution in [-0.2, 0) is 21.0 Å². The summed E-state index contributed by atoms with van der Waals surface area (Å²) in [6, 6.07) is 5.68. The molecule has 2 fully saturated rings. The third-order valence-corrected chi connectivity index (χ3v) is 7.11. The van der Waals surface area contributed by atoms with E-state index in [0.29, 0.717) is 22.0 Å². The highest BCUT2D eigenvalue weighted by Gasteiger charge is 2.62. The summed E-state index contributed by atoms with van der Waals surface area (Å²) in [6.07, 6.45) is 0. The molecule has 1 aromatic heterocycles. The molecule has 154 valence electrons. The summed E-state index contributed by atoms with van der Waals surface area (Å²) in [7, 11) is 0. The Balaban J connectivity index is 1.44. The van der Waals surface area contributed by atoms with Crippen LogP contribution in [0.25, 0.3) is 11.3 Å². The van der Waals surface area contributed by atoms with E-state index in [2.05, 4.69) is 10.6 Å². The number of carboxylic acid groups (broad SMARTS) is 1. The maximum Gasteiger partial charge on any atom is 0.246 e. The number of hydrogen-bond acceptors (Lipinski definition) is 8. The molecule has 3 heterocycles. The zero-order chi connectivity index (χ0) is 20.9. The molecule has 0 bridgehead atoms. The molecule has 0 aliphatic carbocycles. The quantitative estimate of drug-likeness (QED) is 0.536. The first kappa shape index (κ1) is 20.2. The van der Waals surface area contributed by atoms with Crippen LogP contribution >= 0.6 is 23.4 Å². The number of aromatic nitrogens is 1. The van der Waals surface area contributed by atoms with Crippen LogP contribution in [0.5, 0.6) is 0 Å². The summed E-state index contributed by atoms with van der Waals surface area (Å²) in [5, 5.41) is 15.8. The van der Waals surface area contributed by atoms with Crippen molar-refractivity contribution in [2.75, 3.05) is 0 Å². The first-order valence-corrected chi connectivity index (χ1v) is 10.3. The fourth-order valence-electron chi connectivity index (χ4n) is 3.73. The predicted molar refractivity (Wildman–Crippen MR) is 104 cm³/mol. The minimum Gasteiger partial charge on any atom is -0.548 e. The van der Waals surface area contributed by atoms with Gasteiger partial charge in [0.15, 0.2) is 0 Å². The molecule has 3 atom stereocenters. The third-order valence-electron chi connectivity index (χ3n) is 5.20. The number of β-lactam (4-membered cyclic amide) rings is 1. The topological polar surface area (TPSA) is 108 Å². The second-order valence-electron chi connectivity index (χ2n) is 7.51. The van der Waals surface area contributed by atoms with Crippen LogP contribution < -0.4 is 10.6 Å². The van der Waals surface area contributed by atoms with Crippen LogP contribution in [0, 0.1) is 6.92 Å². The second-order valence-corrected chi connectivity index (χ2v) is 9.69. The summed E-state index contributed by atoms with van der Waals surface area (Å²) in [5.74, 6) is -0.991. The number of halogens is 1. The number of hydroxylamine groups is 1. The highest BCUT2D eigenvalue weighted by atomic mass is 35.5. The number of hydrogen-bond donors (Lipinski definition) is 1. The number of rotatable bonds is 6. The summed E-state index contributed by atoms with van der Waals surface area (Å²) < 4.78 is 4.65. The SMILES string of the molecule is Cc1onc(-c2ccccc2Cl)c1CONC1C(=O)N2C1SC(C)(C)C2C(=O)[O-]. The maximum atomic E-state index is 12.5. The normalized spacial score (nSPS) is 25.0. The smallest absolute Gasteiger partial charge is 0.246 e. The monoisotopic (exact) mass is 436 g/mol. The number of aryl methyl sites for hydroxylation is 1. The van der Waals surface area contributed by atoms with Crippen LogP contribution in [0.2, 0.25) is 5.02 Å². The summed E-state index contributed by atoms with van der Waals surface area (Å²) in [6.45, 7) is 5.45. The van der Waals surface area contributed by atoms with E-state index in [-0.39, 0.29) is 17.9 Å². The maximum absolute atomic E-state index is 12.5. The largest absolute Gasteiger partial charge is 0.548 e. The van der Waals surface area contributed by atoms with Gasteiger partial charge in [-0.1, -0.05) is 35.0 Å². The van der Waals surface area contributed by atoms with E-state index in [0.717, 1.165) is 5.56 Å². The molecule has 2 aromatic rings. The van der Waals surface area contributed by atoms with Gasteiger partial charge >= 0.3 is 0 Å². The van der Waals surface area contributed by atoms with Crippen LogP contribution in [-0.4, -0.2) is 44.1 Å². The molecular formula is C19H19ClN3O5S-. The summed E-state index contributed by atoms with van der Waals surface area (Å²) >= 11 is 7.67. The summed E-state index contributed by atoms with van der Waals surface area (Å²) in [4.78, 5) is 30.9. The Morgan fingerprint density at radius 2 is 2.17 bits per heavy atom. The molecule has 29 heavy (non-hydrogen) atoms. The van der Waals surface area contributed by atoms with E-state index in [1.165, 1.54) is 16.7 Å². The number of carboxylic acids is 1. The van der Waals surface area contributed by atoms with Gasteiger partial charge in [-0.3, -0.25) is 9.63 Å². The number of aliphatic carboxylic acids is 1. The van der Waals surface area contributed by atoms with Crippen molar-refractivity contribution < 1.29 is 24.1 Å². The Morgan fingerprint density at radius 1 is 1.45 bits per heavy atom. The van der Waals surface area contributed by atoms with E-state index < -0.39 is 22.8 Å². The average Bonchev–Trinajstić information content (AvgIpc) is 3.14. The molecule has 8 nitrogen and oxygen atoms in total. The van der Waals surface area contributed by atoms with Gasteiger partial charge in [0.1, 0.15) is 22.9 Å². The molecule has 4 rings (SSSR count). The number of benzene rings is 1. The van der Waals surface area contributed by atoms with Crippen molar-refractivity contribution in [2.45, 2.75) is 49.6 Å². The minimum atomic E-state index is -1.25. The van der Waals surface area contributed by atoms with Gasteiger partial charge in [-0.15, -0.1) is 11.8 Å². The number of nitrogens with zero attached hydrogens (tertiary/aromatic N) is 2. The lowest BCUT2D eigenvalue weighted by Gasteiger charge is -2.44. The molecule has 2 aliphatic rings. The number of thioether (sulfide) groups is 1. The number of nitrogens with one attached hydrogen (secondary N) is 1. The van der Waals surface area contributed by atoms with Gasteiger partial charge in [0.25, 0.3) is 0 Å². The molecule has 10 heteroatoms. The van der Waals surface area contributed by atoms with Crippen molar-refractivity contribution in [1.29, 1.82) is 0 Å². The second kappa shape index (κ2) is 7.32. The van der Waals surface area contributed by atoms with E-state index in [1.54, 1.807) is 26.8 Å². The molecule has 0 saturated carbocycles. The zero-order valence-corrected chi connectivity index (χ0v) is 17.5. The van der Waals surface area contributed by atoms with Crippen molar-refractivity contribution in [3.8, 4) is 11.3 Å². The van der Waals surface area contributed by atoms with Crippen LogP contribution in [0.15, 0.2) is 28.8 Å². The number of carbonyl (C=O) groups excluding carboxylic acids is 2. The lowest BCUT2D eigenvalue weighted by molar-refractivity contribution is -0.312. The van der Waals surface area contributed by atoms with Crippen molar-refractivity contribution >= 4 is 35.2 Å². The van der Waals surface area contributed by atoms with Gasteiger partial charge in [-0.25, -0.2) is 0 Å². The predicted octanol–water partition coefficient (Wildman–Crippen LogP) is 1.51. The molecule has 0 radical (unpaired) electrons. The average molecular weight is 437 g/mol. The Hall–Kier alpha value is -2.07. The van der Waals surface area contributed by atoms with Crippen LogP contribution in [0.3, 0.4) is 0 Å². The number of amides is 1. The fourth-order valence-corrected chi connectivity index (χ4v) is 5.57. The van der Waals surface area contributed by atoms with E-state index >= 15 is 0 Å². The standard InChI is InChI=1S/C19H20ClN3O5S/c1-9-11(13(22-28-9)10-6-4-5-7-12(10)20)8-27-21-14-16(24)23-15(18(25)26)19(2,3)29-17(14)23/h4-7,14-15,17,21H,8H2,1-3H3,(H,25,26)/p-1. The lowest BCUT2D eigenvalue weighted by Crippen LogP contribution is -2.71. The Labute approximate surface area is 176 Å². The molecule has 1 N–H and O–H groups in total. The van der Waals surface area contributed by atoms with Gasteiger partial charge in [-0.2, -0.15) is 5.48 Å². The van der Waals surface area contributed by atoms with Crippen LogP contribution in [0.1, 0.15) is 25.2 Å². The molecule has 2 aliphatic heterocycles. The highest BCUT2D eigenvalue weighted by molar-refractivity contribution is 8.01. The van der Waals surface area contributed by atoms with E-state index in [9.17, 15) is 14.7 Å².